The zero-order valence-electron chi connectivity index (χ0n) is 7.75. The molecule has 2 nitrogen and oxygen atoms in total. The van der Waals surface area contributed by atoms with Crippen molar-refractivity contribution in [1.82, 2.24) is 5.32 Å². The van der Waals surface area contributed by atoms with Crippen molar-refractivity contribution >= 4 is 6.21 Å². The summed E-state index contributed by atoms with van der Waals surface area (Å²) < 4.78 is 0. The van der Waals surface area contributed by atoms with Crippen LogP contribution in [0.5, 0.6) is 0 Å². The number of likely N-dealkylation sites (N-methyl/N-ethyl adjacent to an activating group) is 1. The van der Waals surface area contributed by atoms with Gasteiger partial charge in [0, 0.05) is 19.8 Å². The van der Waals surface area contributed by atoms with Crippen LogP contribution >= 0.6 is 0 Å². The van der Waals surface area contributed by atoms with Crippen molar-refractivity contribution in [2.24, 2.45) is 4.99 Å². The molecule has 1 N–H and O–H groups in total. The average Bonchev–Trinajstić information content (AvgIpc) is 2.11. The predicted molar refractivity (Wildman–Crippen MR) is 55.8 cm³/mol. The zero-order valence-corrected chi connectivity index (χ0v) is 7.75. The molecule has 0 aliphatic carbocycles. The highest BCUT2D eigenvalue weighted by Crippen LogP contribution is 1.95. The van der Waals surface area contributed by atoms with Crippen LogP contribution in [0.15, 0.2) is 41.4 Å². The molecule has 0 heterocycles. The van der Waals surface area contributed by atoms with Crippen LogP contribution in [0.25, 0.3) is 0 Å². The fourth-order valence-corrected chi connectivity index (χ4v) is 0.680. The second kappa shape index (κ2) is 7.95. The molecule has 0 aliphatic heterocycles. The molecule has 0 fully saturated rings. The molecule has 0 amide bonds. The van der Waals surface area contributed by atoms with Gasteiger partial charge in [-0.15, -0.1) is 0 Å². The summed E-state index contributed by atoms with van der Waals surface area (Å²) in [5, 5.41) is 3.03. The summed E-state index contributed by atoms with van der Waals surface area (Å²) in [6, 6.07) is 0. The molecule has 0 saturated carbocycles. The molecule has 0 atom stereocenters. The summed E-state index contributed by atoms with van der Waals surface area (Å²) in [5.74, 6) is 0. The maximum Gasteiger partial charge on any atom is 0.0277 e. The Morgan fingerprint density at radius 3 is 2.83 bits per heavy atom. The van der Waals surface area contributed by atoms with Gasteiger partial charge in [0.1, 0.15) is 0 Å². The largest absolute Gasteiger partial charge is 0.316 e. The van der Waals surface area contributed by atoms with E-state index in [0.29, 0.717) is 0 Å². The van der Waals surface area contributed by atoms with Gasteiger partial charge in [0.2, 0.25) is 0 Å². The molecule has 0 bridgehead atoms. The van der Waals surface area contributed by atoms with Crippen molar-refractivity contribution in [1.29, 1.82) is 0 Å². The highest BCUT2D eigenvalue weighted by atomic mass is 14.8. The quantitative estimate of drug-likeness (QED) is 0.484. The van der Waals surface area contributed by atoms with E-state index in [4.69, 9.17) is 0 Å². The van der Waals surface area contributed by atoms with E-state index in [1.165, 1.54) is 0 Å². The number of allylic oxidation sites excluding steroid dienone is 4. The van der Waals surface area contributed by atoms with E-state index in [1.54, 1.807) is 13.3 Å². The Balaban J connectivity index is 4.06. The van der Waals surface area contributed by atoms with Gasteiger partial charge in [-0.3, -0.25) is 4.99 Å². The van der Waals surface area contributed by atoms with Crippen molar-refractivity contribution in [2.45, 2.75) is 0 Å². The topological polar surface area (TPSA) is 24.4 Å². The molecule has 0 radical (unpaired) electrons. The Morgan fingerprint density at radius 1 is 1.58 bits per heavy atom. The molecule has 0 saturated heterocycles. The van der Waals surface area contributed by atoms with Crippen molar-refractivity contribution in [3.63, 3.8) is 0 Å². The van der Waals surface area contributed by atoms with Gasteiger partial charge in [-0.05, 0) is 18.7 Å². The van der Waals surface area contributed by atoms with Gasteiger partial charge in [0.05, 0.1) is 0 Å². The monoisotopic (exact) mass is 164 g/mol. The lowest BCUT2D eigenvalue weighted by Gasteiger charge is -1.92. The van der Waals surface area contributed by atoms with Gasteiger partial charge < -0.3 is 5.32 Å². The average molecular weight is 164 g/mol. The molecule has 0 aromatic rings. The summed E-state index contributed by atoms with van der Waals surface area (Å²) in [6.07, 6.45) is 9.49. The molecule has 0 aromatic carbocycles. The molecular weight excluding hydrogens is 148 g/mol. The highest BCUT2D eigenvalue weighted by molar-refractivity contribution is 5.71. The predicted octanol–water partition coefficient (Wildman–Crippen LogP) is 1.57. The van der Waals surface area contributed by atoms with Crippen molar-refractivity contribution in [3.8, 4) is 0 Å². The summed E-state index contributed by atoms with van der Waals surface area (Å²) >= 11 is 0. The van der Waals surface area contributed by atoms with Gasteiger partial charge in [-0.1, -0.05) is 24.8 Å². The van der Waals surface area contributed by atoms with E-state index in [9.17, 15) is 0 Å². The summed E-state index contributed by atoms with van der Waals surface area (Å²) in [5.41, 5.74) is 1.10. The van der Waals surface area contributed by atoms with Gasteiger partial charge in [-0.2, -0.15) is 0 Å². The molecule has 66 valence electrons. The highest BCUT2D eigenvalue weighted by Gasteiger charge is 1.81. The fraction of sp³-hybridized carbons (Fsp3) is 0.300. The van der Waals surface area contributed by atoms with Crippen molar-refractivity contribution in [2.75, 3.05) is 20.6 Å². The Kier molecular flexibility index (Phi) is 7.19. The number of hydrogen-bond acceptors (Lipinski definition) is 2. The van der Waals surface area contributed by atoms with Crippen LogP contribution in [0.4, 0.5) is 0 Å². The summed E-state index contributed by atoms with van der Waals surface area (Å²) in [4.78, 5) is 3.83. The molecule has 0 aromatic heterocycles. The molecular formula is C10H16N2. The van der Waals surface area contributed by atoms with E-state index in [2.05, 4.69) is 23.0 Å². The first-order valence-corrected chi connectivity index (χ1v) is 3.91. The molecule has 0 aliphatic rings. The second-order valence-electron chi connectivity index (χ2n) is 2.23. The number of hydrogen-bond donors (Lipinski definition) is 1. The molecule has 12 heavy (non-hydrogen) atoms. The van der Waals surface area contributed by atoms with Gasteiger partial charge in [-0.25, -0.2) is 0 Å². The van der Waals surface area contributed by atoms with Gasteiger partial charge in [0.15, 0.2) is 0 Å². The van der Waals surface area contributed by atoms with Crippen LogP contribution in [0, 0.1) is 0 Å². The Morgan fingerprint density at radius 2 is 2.33 bits per heavy atom. The third-order valence-electron chi connectivity index (χ3n) is 1.30. The normalized spacial score (nSPS) is 13.0. The van der Waals surface area contributed by atoms with Crippen LogP contribution < -0.4 is 5.32 Å². The van der Waals surface area contributed by atoms with Crippen LogP contribution in [0.2, 0.25) is 0 Å². The number of nitrogens with zero attached hydrogens (tertiary/aromatic N) is 1. The smallest absolute Gasteiger partial charge is 0.0277 e. The van der Waals surface area contributed by atoms with Crippen molar-refractivity contribution < 1.29 is 0 Å². The lowest BCUT2D eigenvalue weighted by Crippen LogP contribution is -2.04. The first kappa shape index (κ1) is 10.8. The van der Waals surface area contributed by atoms with Crippen LogP contribution in [-0.2, 0) is 0 Å². The Hall–Kier alpha value is -1.15. The minimum atomic E-state index is 0.856. The van der Waals surface area contributed by atoms with Gasteiger partial charge >= 0.3 is 0 Å². The number of nitrogens with one attached hydrogen (secondary N) is 1. The fourth-order valence-electron chi connectivity index (χ4n) is 0.680. The standard InChI is InChI=1S/C10H16N2/c1-4-10(7-9-12-3)6-5-8-11-2/h4-8,12H,1,9H2,2-3H3/b6-5-,10-7+,11-8-. The second-order valence-corrected chi connectivity index (χ2v) is 2.23. The Bertz CT molecular complexity index is 200. The van der Waals surface area contributed by atoms with E-state index in [1.807, 2.05) is 25.3 Å². The van der Waals surface area contributed by atoms with Crippen LogP contribution in [-0.4, -0.2) is 26.9 Å². The van der Waals surface area contributed by atoms with E-state index in [-0.39, 0.29) is 0 Å². The van der Waals surface area contributed by atoms with Crippen LogP contribution in [0.1, 0.15) is 0 Å². The zero-order chi connectivity index (χ0) is 9.23. The maximum absolute atomic E-state index is 3.83. The number of rotatable bonds is 5. The van der Waals surface area contributed by atoms with Crippen molar-refractivity contribution in [3.05, 3.63) is 36.5 Å². The third-order valence-corrected chi connectivity index (χ3v) is 1.30. The van der Waals surface area contributed by atoms with E-state index < -0.39 is 0 Å². The number of aliphatic imine (C=N–C) groups is 1. The lowest BCUT2D eigenvalue weighted by atomic mass is 10.2. The molecule has 2 heteroatoms. The van der Waals surface area contributed by atoms with Crippen LogP contribution in [0.3, 0.4) is 0 Å². The molecule has 0 rings (SSSR count). The SMILES string of the molecule is C=CC(/C=C\C=N/C)=C\CNC. The minimum absolute atomic E-state index is 0.856. The molecule has 0 spiro atoms. The molecule has 0 unspecified atom stereocenters. The van der Waals surface area contributed by atoms with Gasteiger partial charge in [0.25, 0.3) is 0 Å². The maximum atomic E-state index is 3.83. The summed E-state index contributed by atoms with van der Waals surface area (Å²) in [6.45, 7) is 4.56. The summed E-state index contributed by atoms with van der Waals surface area (Å²) in [7, 11) is 3.66. The third kappa shape index (κ3) is 5.62. The van der Waals surface area contributed by atoms with E-state index in [0.717, 1.165) is 12.1 Å². The lowest BCUT2D eigenvalue weighted by molar-refractivity contribution is 0.917. The first-order chi connectivity index (χ1) is 5.85. The minimum Gasteiger partial charge on any atom is -0.316 e. The first-order valence-electron chi connectivity index (χ1n) is 3.91. The van der Waals surface area contributed by atoms with E-state index >= 15 is 0 Å². The Labute approximate surface area is 74.4 Å².